The molecule has 2 rings (SSSR count). The predicted molar refractivity (Wildman–Crippen MR) is 82.6 cm³/mol. The molecule has 0 aliphatic heterocycles. The van der Waals surface area contributed by atoms with Crippen LogP contribution in [-0.2, 0) is 16.0 Å². The highest BCUT2D eigenvalue weighted by Crippen LogP contribution is 2.17. The van der Waals surface area contributed by atoms with Crippen LogP contribution in [0, 0.1) is 0 Å². The highest BCUT2D eigenvalue weighted by Gasteiger charge is 2.19. The number of rotatable bonds is 6. The van der Waals surface area contributed by atoms with Gasteiger partial charge in [-0.3, -0.25) is 0 Å². The quantitative estimate of drug-likeness (QED) is 0.829. The van der Waals surface area contributed by atoms with Crippen molar-refractivity contribution < 1.29 is 14.3 Å². The Morgan fingerprint density at radius 3 is 2.29 bits per heavy atom. The molecule has 0 fully saturated rings. The van der Waals surface area contributed by atoms with Gasteiger partial charge in [0.25, 0.3) is 0 Å². The van der Waals surface area contributed by atoms with E-state index in [0.29, 0.717) is 6.42 Å². The number of benzene rings is 2. The van der Waals surface area contributed by atoms with Crippen molar-refractivity contribution in [2.45, 2.75) is 12.5 Å². The first-order valence-corrected chi connectivity index (χ1v) is 6.75. The van der Waals surface area contributed by atoms with E-state index in [4.69, 9.17) is 9.47 Å². The van der Waals surface area contributed by atoms with Crippen LogP contribution in [-0.4, -0.2) is 26.2 Å². The third-order valence-corrected chi connectivity index (χ3v) is 3.20. The second kappa shape index (κ2) is 7.33. The van der Waals surface area contributed by atoms with Gasteiger partial charge in [-0.25, -0.2) is 4.79 Å². The molecule has 4 nitrogen and oxygen atoms in total. The van der Waals surface area contributed by atoms with Crippen LogP contribution in [0.1, 0.15) is 5.56 Å². The van der Waals surface area contributed by atoms with Crippen LogP contribution >= 0.6 is 0 Å². The molecule has 0 radical (unpaired) electrons. The van der Waals surface area contributed by atoms with Crippen LogP contribution in [0.5, 0.6) is 5.75 Å². The van der Waals surface area contributed by atoms with Gasteiger partial charge < -0.3 is 14.8 Å². The molecule has 2 aromatic carbocycles. The first-order chi connectivity index (χ1) is 10.2. The summed E-state index contributed by atoms with van der Waals surface area (Å²) in [6.45, 7) is 0. The zero-order valence-electron chi connectivity index (χ0n) is 12.2. The van der Waals surface area contributed by atoms with Gasteiger partial charge in [-0.05, 0) is 29.8 Å². The Morgan fingerprint density at radius 2 is 1.71 bits per heavy atom. The monoisotopic (exact) mass is 285 g/mol. The Morgan fingerprint density at radius 1 is 1.05 bits per heavy atom. The lowest BCUT2D eigenvalue weighted by molar-refractivity contribution is -0.141. The van der Waals surface area contributed by atoms with Gasteiger partial charge in [-0.2, -0.15) is 0 Å². The Bertz CT molecular complexity index is 566. The Balaban J connectivity index is 2.10. The zero-order chi connectivity index (χ0) is 15.1. The fraction of sp³-hybridized carbons (Fsp3) is 0.235. The van der Waals surface area contributed by atoms with Crippen LogP contribution < -0.4 is 10.1 Å². The summed E-state index contributed by atoms with van der Waals surface area (Å²) in [5.41, 5.74) is 1.93. The van der Waals surface area contributed by atoms with Crippen molar-refractivity contribution in [3.8, 4) is 5.75 Å². The van der Waals surface area contributed by atoms with Crippen molar-refractivity contribution in [3.05, 3.63) is 60.2 Å². The lowest BCUT2D eigenvalue weighted by Crippen LogP contribution is -2.32. The summed E-state index contributed by atoms with van der Waals surface area (Å²) in [4.78, 5) is 11.9. The minimum atomic E-state index is -0.425. The Hall–Kier alpha value is -2.49. The Kier molecular flexibility index (Phi) is 5.21. The summed E-state index contributed by atoms with van der Waals surface area (Å²) in [5.74, 6) is 0.493. The number of hydrogen-bond acceptors (Lipinski definition) is 4. The van der Waals surface area contributed by atoms with Crippen molar-refractivity contribution in [1.29, 1.82) is 0 Å². The molecule has 0 spiro atoms. The van der Waals surface area contributed by atoms with Crippen LogP contribution in [0.25, 0.3) is 0 Å². The number of methoxy groups -OCH3 is 2. The van der Waals surface area contributed by atoms with Gasteiger partial charge in [0.1, 0.15) is 11.8 Å². The van der Waals surface area contributed by atoms with Gasteiger partial charge in [0.05, 0.1) is 14.2 Å². The summed E-state index contributed by atoms with van der Waals surface area (Å²) in [5, 5.41) is 3.20. The van der Waals surface area contributed by atoms with Crippen molar-refractivity contribution in [1.82, 2.24) is 0 Å². The SMILES string of the molecule is COC(=O)C(Cc1ccccc1)Nc1ccc(OC)cc1. The van der Waals surface area contributed by atoms with Crippen molar-refractivity contribution in [3.63, 3.8) is 0 Å². The number of esters is 1. The largest absolute Gasteiger partial charge is 0.497 e. The van der Waals surface area contributed by atoms with E-state index in [1.165, 1.54) is 7.11 Å². The molecule has 0 aliphatic rings. The smallest absolute Gasteiger partial charge is 0.328 e. The Labute approximate surface area is 124 Å². The third kappa shape index (κ3) is 4.24. The fourth-order valence-corrected chi connectivity index (χ4v) is 2.07. The molecule has 21 heavy (non-hydrogen) atoms. The van der Waals surface area contributed by atoms with Crippen molar-refractivity contribution >= 4 is 11.7 Å². The topological polar surface area (TPSA) is 47.6 Å². The van der Waals surface area contributed by atoms with E-state index in [0.717, 1.165) is 17.0 Å². The number of anilines is 1. The molecule has 1 unspecified atom stereocenters. The number of ether oxygens (including phenoxy) is 2. The first-order valence-electron chi connectivity index (χ1n) is 6.75. The first kappa shape index (κ1) is 14.9. The average molecular weight is 285 g/mol. The standard InChI is InChI=1S/C17H19NO3/c1-20-15-10-8-14(9-11-15)18-16(17(19)21-2)12-13-6-4-3-5-7-13/h3-11,16,18H,12H2,1-2H3. The molecule has 0 aromatic heterocycles. The van der Waals surface area contributed by atoms with Crippen molar-refractivity contribution in [2.75, 3.05) is 19.5 Å². The van der Waals surface area contributed by atoms with E-state index in [2.05, 4.69) is 5.32 Å². The van der Waals surface area contributed by atoms with Gasteiger partial charge in [-0.15, -0.1) is 0 Å². The second-order valence-corrected chi connectivity index (χ2v) is 4.64. The molecule has 1 atom stereocenters. The lowest BCUT2D eigenvalue weighted by atomic mass is 10.1. The van der Waals surface area contributed by atoms with E-state index < -0.39 is 6.04 Å². The van der Waals surface area contributed by atoms with Crippen LogP contribution in [0.3, 0.4) is 0 Å². The van der Waals surface area contributed by atoms with Crippen LogP contribution in [0.2, 0.25) is 0 Å². The van der Waals surface area contributed by atoms with Gasteiger partial charge in [0.15, 0.2) is 0 Å². The summed E-state index contributed by atoms with van der Waals surface area (Å²) < 4.78 is 9.99. The summed E-state index contributed by atoms with van der Waals surface area (Å²) in [6.07, 6.45) is 0.569. The van der Waals surface area contributed by atoms with Gasteiger partial charge >= 0.3 is 5.97 Å². The van der Waals surface area contributed by atoms with Crippen LogP contribution in [0.15, 0.2) is 54.6 Å². The summed E-state index contributed by atoms with van der Waals surface area (Å²) >= 11 is 0. The van der Waals surface area contributed by atoms with E-state index in [1.54, 1.807) is 7.11 Å². The average Bonchev–Trinajstić information content (AvgIpc) is 2.55. The summed E-state index contributed by atoms with van der Waals surface area (Å²) in [6, 6.07) is 16.9. The summed E-state index contributed by atoms with van der Waals surface area (Å²) in [7, 11) is 3.02. The normalized spacial score (nSPS) is 11.5. The maximum Gasteiger partial charge on any atom is 0.328 e. The number of nitrogens with one attached hydrogen (secondary N) is 1. The molecular weight excluding hydrogens is 266 g/mol. The molecule has 2 aromatic rings. The molecule has 0 aliphatic carbocycles. The molecule has 1 N–H and O–H groups in total. The molecule has 0 saturated heterocycles. The molecule has 110 valence electrons. The molecule has 0 heterocycles. The molecule has 4 heteroatoms. The van der Waals surface area contributed by atoms with E-state index in [9.17, 15) is 4.79 Å². The highest BCUT2D eigenvalue weighted by molar-refractivity contribution is 5.79. The van der Waals surface area contributed by atoms with Crippen molar-refractivity contribution in [2.24, 2.45) is 0 Å². The molecule has 0 amide bonds. The number of hydrogen-bond donors (Lipinski definition) is 1. The lowest BCUT2D eigenvalue weighted by Gasteiger charge is -2.18. The third-order valence-electron chi connectivity index (χ3n) is 3.20. The van der Waals surface area contributed by atoms with Crippen LogP contribution in [0.4, 0.5) is 5.69 Å². The predicted octanol–water partition coefficient (Wildman–Crippen LogP) is 2.89. The van der Waals surface area contributed by atoms with Gasteiger partial charge in [0.2, 0.25) is 0 Å². The van der Waals surface area contributed by atoms with Gasteiger partial charge in [0, 0.05) is 12.1 Å². The fourth-order valence-electron chi connectivity index (χ4n) is 2.07. The van der Waals surface area contributed by atoms with E-state index in [-0.39, 0.29) is 5.97 Å². The molecular formula is C17H19NO3. The number of carbonyl (C=O) groups is 1. The van der Waals surface area contributed by atoms with Gasteiger partial charge in [-0.1, -0.05) is 30.3 Å². The maximum atomic E-state index is 11.9. The highest BCUT2D eigenvalue weighted by atomic mass is 16.5. The second-order valence-electron chi connectivity index (χ2n) is 4.64. The minimum absolute atomic E-state index is 0.283. The van der Waals surface area contributed by atoms with E-state index >= 15 is 0 Å². The molecule has 0 saturated carbocycles. The maximum absolute atomic E-state index is 11.9. The zero-order valence-corrected chi connectivity index (χ0v) is 12.2. The van der Waals surface area contributed by atoms with E-state index in [1.807, 2.05) is 54.6 Å². The number of carbonyl (C=O) groups excluding carboxylic acids is 1. The minimum Gasteiger partial charge on any atom is -0.497 e. The molecule has 0 bridgehead atoms.